The molecule has 0 aliphatic heterocycles. The predicted molar refractivity (Wildman–Crippen MR) is 99.6 cm³/mol. The normalized spacial score (nSPS) is 11.4. The zero-order valence-electron chi connectivity index (χ0n) is 14.2. The van der Waals surface area contributed by atoms with Crippen LogP contribution in [0.3, 0.4) is 0 Å². The number of amides is 1. The summed E-state index contributed by atoms with van der Waals surface area (Å²) in [5, 5.41) is 13.7. The third kappa shape index (κ3) is 5.08. The number of carbonyl (C=O) groups is 2. The Hall–Kier alpha value is -2.84. The van der Waals surface area contributed by atoms with E-state index in [0.717, 1.165) is 6.07 Å². The quantitative estimate of drug-likeness (QED) is 0.434. The van der Waals surface area contributed by atoms with E-state index in [9.17, 15) is 19.7 Å². The number of hydrogen-bond acceptors (Lipinski definition) is 6. The SMILES string of the molecule is COc1ccc(Cl)cc1NC(=O)C(C)OC(=O)c1ccc(Cl)c([N+](=O)[O-])c1. The Morgan fingerprint density at radius 3 is 2.52 bits per heavy atom. The van der Waals surface area contributed by atoms with Crippen LogP contribution in [0.1, 0.15) is 17.3 Å². The number of nitrogens with zero attached hydrogens (tertiary/aromatic N) is 1. The summed E-state index contributed by atoms with van der Waals surface area (Å²) in [6, 6.07) is 8.10. The molecule has 2 aromatic rings. The molecular weight excluding hydrogens is 399 g/mol. The molecule has 0 bridgehead atoms. The summed E-state index contributed by atoms with van der Waals surface area (Å²) >= 11 is 11.6. The number of anilines is 1. The summed E-state index contributed by atoms with van der Waals surface area (Å²) in [5.74, 6) is -1.16. The minimum absolute atomic E-state index is 0.105. The molecule has 0 spiro atoms. The first kappa shape index (κ1) is 20.5. The van der Waals surface area contributed by atoms with Crippen LogP contribution >= 0.6 is 23.2 Å². The number of carbonyl (C=O) groups excluding carboxylic acids is 2. The van der Waals surface area contributed by atoms with Crippen molar-refractivity contribution in [1.29, 1.82) is 0 Å². The van der Waals surface area contributed by atoms with Crippen molar-refractivity contribution in [3.05, 3.63) is 62.1 Å². The number of ether oxygens (including phenoxy) is 2. The Labute approximate surface area is 164 Å². The third-order valence-electron chi connectivity index (χ3n) is 3.45. The second kappa shape index (κ2) is 8.70. The van der Waals surface area contributed by atoms with Gasteiger partial charge in [0, 0.05) is 11.1 Å². The fourth-order valence-electron chi connectivity index (χ4n) is 2.07. The summed E-state index contributed by atoms with van der Waals surface area (Å²) < 4.78 is 10.2. The Bertz CT molecular complexity index is 903. The van der Waals surface area contributed by atoms with Crippen molar-refractivity contribution in [2.75, 3.05) is 12.4 Å². The van der Waals surface area contributed by atoms with Gasteiger partial charge in [-0.05, 0) is 37.3 Å². The molecule has 0 aliphatic carbocycles. The van der Waals surface area contributed by atoms with E-state index in [1.165, 1.54) is 32.2 Å². The number of nitro benzene ring substituents is 1. The summed E-state index contributed by atoms with van der Waals surface area (Å²) in [6.07, 6.45) is -1.18. The van der Waals surface area contributed by atoms with E-state index >= 15 is 0 Å². The standard InChI is InChI=1S/C17H14Cl2N2O6/c1-9(16(22)20-13-8-11(18)4-6-15(13)26-2)27-17(23)10-3-5-12(19)14(7-10)21(24)25/h3-9H,1-2H3,(H,20,22). The second-order valence-electron chi connectivity index (χ2n) is 5.30. The van der Waals surface area contributed by atoms with E-state index in [1.807, 2.05) is 0 Å². The van der Waals surface area contributed by atoms with Gasteiger partial charge in [0.25, 0.3) is 11.6 Å². The van der Waals surface area contributed by atoms with Gasteiger partial charge in [0.15, 0.2) is 6.10 Å². The summed E-state index contributed by atoms with van der Waals surface area (Å²) in [6.45, 7) is 1.36. The number of halogens is 2. The number of benzene rings is 2. The zero-order chi connectivity index (χ0) is 20.1. The first-order valence-corrected chi connectivity index (χ1v) is 8.28. The van der Waals surface area contributed by atoms with Crippen LogP contribution in [-0.2, 0) is 9.53 Å². The van der Waals surface area contributed by atoms with Gasteiger partial charge in [-0.25, -0.2) is 4.79 Å². The number of nitro groups is 1. The molecule has 1 unspecified atom stereocenters. The van der Waals surface area contributed by atoms with E-state index in [4.69, 9.17) is 32.7 Å². The van der Waals surface area contributed by atoms with E-state index in [0.29, 0.717) is 16.5 Å². The van der Waals surface area contributed by atoms with Crippen LogP contribution in [0.25, 0.3) is 0 Å². The summed E-state index contributed by atoms with van der Waals surface area (Å²) in [7, 11) is 1.43. The van der Waals surface area contributed by atoms with Crippen LogP contribution < -0.4 is 10.1 Å². The van der Waals surface area contributed by atoms with Gasteiger partial charge in [0.05, 0.1) is 23.3 Å². The van der Waals surface area contributed by atoms with Gasteiger partial charge in [-0.1, -0.05) is 23.2 Å². The topological polar surface area (TPSA) is 108 Å². The van der Waals surface area contributed by atoms with Crippen LogP contribution in [0.5, 0.6) is 5.75 Å². The maximum absolute atomic E-state index is 12.3. The highest BCUT2D eigenvalue weighted by atomic mass is 35.5. The van der Waals surface area contributed by atoms with Gasteiger partial charge < -0.3 is 14.8 Å². The van der Waals surface area contributed by atoms with Crippen molar-refractivity contribution in [3.63, 3.8) is 0 Å². The number of nitrogens with one attached hydrogen (secondary N) is 1. The van der Waals surface area contributed by atoms with Crippen molar-refractivity contribution in [3.8, 4) is 5.75 Å². The van der Waals surface area contributed by atoms with E-state index in [1.54, 1.807) is 12.1 Å². The first-order chi connectivity index (χ1) is 12.7. The van der Waals surface area contributed by atoms with E-state index in [-0.39, 0.29) is 10.6 Å². The number of esters is 1. The fourth-order valence-corrected chi connectivity index (χ4v) is 2.43. The summed E-state index contributed by atoms with van der Waals surface area (Å²) in [4.78, 5) is 34.6. The molecule has 1 amide bonds. The molecule has 142 valence electrons. The van der Waals surface area contributed by atoms with Crippen LogP contribution in [-0.4, -0.2) is 30.0 Å². The molecule has 8 nitrogen and oxygen atoms in total. The Morgan fingerprint density at radius 2 is 1.89 bits per heavy atom. The minimum Gasteiger partial charge on any atom is -0.495 e. The molecule has 0 heterocycles. The van der Waals surface area contributed by atoms with Crippen molar-refractivity contribution >= 4 is 46.5 Å². The van der Waals surface area contributed by atoms with E-state index in [2.05, 4.69) is 5.32 Å². The van der Waals surface area contributed by atoms with Crippen molar-refractivity contribution in [2.24, 2.45) is 0 Å². The van der Waals surface area contributed by atoms with Crippen LogP contribution in [0.2, 0.25) is 10.0 Å². The highest BCUT2D eigenvalue weighted by Gasteiger charge is 2.22. The van der Waals surface area contributed by atoms with Gasteiger partial charge in [-0.3, -0.25) is 14.9 Å². The maximum atomic E-state index is 12.3. The molecule has 0 aromatic heterocycles. The largest absolute Gasteiger partial charge is 0.495 e. The van der Waals surface area contributed by atoms with Crippen molar-refractivity contribution in [1.82, 2.24) is 0 Å². The summed E-state index contributed by atoms with van der Waals surface area (Å²) in [5.41, 5.74) is -0.238. The molecule has 27 heavy (non-hydrogen) atoms. The Balaban J connectivity index is 2.10. The average Bonchev–Trinajstić information content (AvgIpc) is 2.61. The third-order valence-corrected chi connectivity index (χ3v) is 4.01. The van der Waals surface area contributed by atoms with E-state index < -0.39 is 28.6 Å². The first-order valence-electron chi connectivity index (χ1n) is 7.52. The number of rotatable bonds is 6. The van der Waals surface area contributed by atoms with Crippen LogP contribution in [0.15, 0.2) is 36.4 Å². The molecular formula is C17H14Cl2N2O6. The lowest BCUT2D eigenvalue weighted by molar-refractivity contribution is -0.384. The smallest absolute Gasteiger partial charge is 0.339 e. The lowest BCUT2D eigenvalue weighted by Gasteiger charge is -2.15. The molecule has 2 aromatic carbocycles. The molecule has 0 saturated heterocycles. The zero-order valence-corrected chi connectivity index (χ0v) is 15.7. The van der Waals surface area contributed by atoms with Gasteiger partial charge in [0.1, 0.15) is 10.8 Å². The average molecular weight is 413 g/mol. The molecule has 10 heteroatoms. The molecule has 1 atom stereocenters. The molecule has 0 saturated carbocycles. The lowest BCUT2D eigenvalue weighted by Crippen LogP contribution is -2.30. The van der Waals surface area contributed by atoms with Gasteiger partial charge in [-0.15, -0.1) is 0 Å². The fraction of sp³-hybridized carbons (Fsp3) is 0.176. The Kier molecular flexibility index (Phi) is 6.59. The van der Waals surface area contributed by atoms with Gasteiger partial charge in [0.2, 0.25) is 0 Å². The Morgan fingerprint density at radius 1 is 1.19 bits per heavy atom. The van der Waals surface area contributed by atoms with Crippen LogP contribution in [0.4, 0.5) is 11.4 Å². The molecule has 0 radical (unpaired) electrons. The monoisotopic (exact) mass is 412 g/mol. The predicted octanol–water partition coefficient (Wildman–Crippen LogP) is 4.09. The maximum Gasteiger partial charge on any atom is 0.339 e. The van der Waals surface area contributed by atoms with Gasteiger partial charge >= 0.3 is 5.97 Å². The molecule has 0 aliphatic rings. The lowest BCUT2D eigenvalue weighted by atomic mass is 10.2. The highest BCUT2D eigenvalue weighted by molar-refractivity contribution is 6.32. The molecule has 0 fully saturated rings. The van der Waals surface area contributed by atoms with Crippen molar-refractivity contribution < 1.29 is 24.0 Å². The second-order valence-corrected chi connectivity index (χ2v) is 6.15. The molecule has 2 rings (SSSR count). The van der Waals surface area contributed by atoms with Crippen LogP contribution in [0, 0.1) is 10.1 Å². The van der Waals surface area contributed by atoms with Crippen molar-refractivity contribution in [2.45, 2.75) is 13.0 Å². The van der Waals surface area contributed by atoms with Gasteiger partial charge in [-0.2, -0.15) is 0 Å². The number of methoxy groups -OCH3 is 1. The minimum atomic E-state index is -1.18. The highest BCUT2D eigenvalue weighted by Crippen LogP contribution is 2.28. The molecule has 1 N–H and O–H groups in total. The number of hydrogen-bond donors (Lipinski definition) is 1.